The van der Waals surface area contributed by atoms with E-state index in [0.717, 1.165) is 11.4 Å². The van der Waals surface area contributed by atoms with Gasteiger partial charge in [-0.15, -0.1) is 0 Å². The minimum atomic E-state index is 0.157. The number of aryl methyl sites for hydroxylation is 1. The standard InChI is InChI=1S/C12H20N2/c1-8(2)12(10(4)13)11-7-5-6-9(3)14-11/h5-8,10,12H,13H2,1-4H3. The molecule has 0 radical (unpaired) electrons. The summed E-state index contributed by atoms with van der Waals surface area (Å²) in [6.45, 7) is 8.45. The molecule has 0 amide bonds. The highest BCUT2D eigenvalue weighted by molar-refractivity contribution is 5.16. The quantitative estimate of drug-likeness (QED) is 0.799. The fraction of sp³-hybridized carbons (Fsp3) is 0.583. The summed E-state index contributed by atoms with van der Waals surface area (Å²) in [5.41, 5.74) is 8.16. The fourth-order valence-electron chi connectivity index (χ4n) is 1.97. The highest BCUT2D eigenvalue weighted by atomic mass is 14.7. The van der Waals surface area contributed by atoms with Crippen molar-refractivity contribution in [3.8, 4) is 0 Å². The second kappa shape index (κ2) is 4.56. The van der Waals surface area contributed by atoms with E-state index in [2.05, 4.69) is 37.9 Å². The Morgan fingerprint density at radius 3 is 2.29 bits per heavy atom. The van der Waals surface area contributed by atoms with Crippen molar-refractivity contribution in [2.75, 3.05) is 0 Å². The number of hydrogen-bond acceptors (Lipinski definition) is 2. The van der Waals surface area contributed by atoms with E-state index in [0.29, 0.717) is 11.8 Å². The van der Waals surface area contributed by atoms with Gasteiger partial charge in [-0.05, 0) is 31.9 Å². The summed E-state index contributed by atoms with van der Waals surface area (Å²) in [5.74, 6) is 0.888. The summed E-state index contributed by atoms with van der Waals surface area (Å²) in [4.78, 5) is 4.54. The molecule has 1 aromatic heterocycles. The molecule has 1 heterocycles. The van der Waals surface area contributed by atoms with E-state index in [1.165, 1.54) is 0 Å². The third kappa shape index (κ3) is 2.55. The van der Waals surface area contributed by atoms with E-state index in [9.17, 15) is 0 Å². The zero-order valence-electron chi connectivity index (χ0n) is 9.49. The fourth-order valence-corrected chi connectivity index (χ4v) is 1.97. The monoisotopic (exact) mass is 192 g/mol. The van der Waals surface area contributed by atoms with Gasteiger partial charge in [-0.2, -0.15) is 0 Å². The van der Waals surface area contributed by atoms with Gasteiger partial charge in [-0.3, -0.25) is 4.98 Å². The van der Waals surface area contributed by atoms with Gasteiger partial charge in [0.25, 0.3) is 0 Å². The molecule has 2 unspecified atom stereocenters. The molecular formula is C12H20N2. The summed E-state index contributed by atoms with van der Waals surface area (Å²) in [6, 6.07) is 6.29. The number of pyridine rings is 1. The van der Waals surface area contributed by atoms with Crippen LogP contribution < -0.4 is 5.73 Å². The summed E-state index contributed by atoms with van der Waals surface area (Å²) >= 11 is 0. The summed E-state index contributed by atoms with van der Waals surface area (Å²) in [5, 5.41) is 0. The molecule has 0 saturated heterocycles. The van der Waals surface area contributed by atoms with Crippen LogP contribution in [0.25, 0.3) is 0 Å². The first-order chi connectivity index (χ1) is 6.52. The normalized spacial score (nSPS) is 15.6. The summed E-state index contributed by atoms with van der Waals surface area (Å²) in [6.07, 6.45) is 0. The van der Waals surface area contributed by atoms with Crippen LogP contribution >= 0.6 is 0 Å². The van der Waals surface area contributed by atoms with Gasteiger partial charge in [0, 0.05) is 23.3 Å². The smallest absolute Gasteiger partial charge is 0.0455 e. The number of hydrogen-bond donors (Lipinski definition) is 1. The Bertz CT molecular complexity index is 284. The predicted octanol–water partition coefficient (Wildman–Crippen LogP) is 2.48. The minimum absolute atomic E-state index is 0.157. The lowest BCUT2D eigenvalue weighted by Gasteiger charge is -2.24. The van der Waals surface area contributed by atoms with E-state index in [4.69, 9.17) is 5.73 Å². The molecule has 0 fully saturated rings. The number of aromatic nitrogens is 1. The van der Waals surface area contributed by atoms with Gasteiger partial charge in [0.2, 0.25) is 0 Å². The van der Waals surface area contributed by atoms with Gasteiger partial charge in [-0.25, -0.2) is 0 Å². The van der Waals surface area contributed by atoms with Gasteiger partial charge in [0.1, 0.15) is 0 Å². The zero-order valence-corrected chi connectivity index (χ0v) is 9.49. The van der Waals surface area contributed by atoms with Gasteiger partial charge >= 0.3 is 0 Å². The van der Waals surface area contributed by atoms with Crippen molar-refractivity contribution in [2.24, 2.45) is 11.7 Å². The maximum Gasteiger partial charge on any atom is 0.0455 e. The Kier molecular flexibility index (Phi) is 3.64. The predicted molar refractivity (Wildman–Crippen MR) is 60.2 cm³/mol. The SMILES string of the molecule is Cc1cccc(C(C(C)C)C(C)N)n1. The molecule has 0 aliphatic heterocycles. The van der Waals surface area contributed by atoms with E-state index >= 15 is 0 Å². The molecule has 1 rings (SSSR count). The molecule has 2 atom stereocenters. The highest BCUT2D eigenvalue weighted by Crippen LogP contribution is 2.25. The molecule has 1 aromatic rings. The second-order valence-corrected chi connectivity index (χ2v) is 4.33. The molecule has 2 N–H and O–H groups in total. The van der Waals surface area contributed by atoms with Crippen molar-refractivity contribution in [1.29, 1.82) is 0 Å². The van der Waals surface area contributed by atoms with Crippen LogP contribution in [0, 0.1) is 12.8 Å². The van der Waals surface area contributed by atoms with Crippen LogP contribution in [0.5, 0.6) is 0 Å². The molecule has 78 valence electrons. The summed E-state index contributed by atoms with van der Waals surface area (Å²) in [7, 11) is 0. The van der Waals surface area contributed by atoms with Crippen molar-refractivity contribution < 1.29 is 0 Å². The second-order valence-electron chi connectivity index (χ2n) is 4.33. The molecule has 0 aromatic carbocycles. The topological polar surface area (TPSA) is 38.9 Å². The van der Waals surface area contributed by atoms with Crippen molar-refractivity contribution in [2.45, 2.75) is 39.7 Å². The number of rotatable bonds is 3. The third-order valence-corrected chi connectivity index (χ3v) is 2.54. The zero-order chi connectivity index (χ0) is 10.7. The van der Waals surface area contributed by atoms with Crippen LogP contribution in [-0.4, -0.2) is 11.0 Å². The van der Waals surface area contributed by atoms with E-state index in [1.54, 1.807) is 0 Å². The molecule has 0 spiro atoms. The number of nitrogens with zero attached hydrogens (tertiary/aromatic N) is 1. The first-order valence-electron chi connectivity index (χ1n) is 5.21. The molecule has 0 aliphatic carbocycles. The van der Waals surface area contributed by atoms with Crippen LogP contribution in [0.2, 0.25) is 0 Å². The van der Waals surface area contributed by atoms with Crippen molar-refractivity contribution in [1.82, 2.24) is 4.98 Å². The first-order valence-corrected chi connectivity index (χ1v) is 5.21. The van der Waals surface area contributed by atoms with Gasteiger partial charge in [0.05, 0.1) is 0 Å². The minimum Gasteiger partial charge on any atom is -0.327 e. The maximum atomic E-state index is 5.98. The Labute approximate surface area is 86.5 Å². The first kappa shape index (κ1) is 11.2. The van der Waals surface area contributed by atoms with Crippen LogP contribution in [0.3, 0.4) is 0 Å². The van der Waals surface area contributed by atoms with Crippen LogP contribution in [0.1, 0.15) is 38.1 Å². The molecular weight excluding hydrogens is 172 g/mol. The lowest BCUT2D eigenvalue weighted by molar-refractivity contribution is 0.426. The van der Waals surface area contributed by atoms with Gasteiger partial charge in [0.15, 0.2) is 0 Å². The van der Waals surface area contributed by atoms with Crippen molar-refractivity contribution in [3.05, 3.63) is 29.6 Å². The van der Waals surface area contributed by atoms with E-state index in [1.807, 2.05) is 13.0 Å². The molecule has 2 nitrogen and oxygen atoms in total. The van der Waals surface area contributed by atoms with Crippen LogP contribution in [0.4, 0.5) is 0 Å². The Morgan fingerprint density at radius 1 is 1.21 bits per heavy atom. The third-order valence-electron chi connectivity index (χ3n) is 2.54. The maximum absolute atomic E-state index is 5.98. The molecule has 0 saturated carbocycles. The lowest BCUT2D eigenvalue weighted by atomic mass is 9.86. The Balaban J connectivity index is 2.99. The average Bonchev–Trinajstić information content (AvgIpc) is 2.02. The molecule has 14 heavy (non-hydrogen) atoms. The molecule has 2 heteroatoms. The Morgan fingerprint density at radius 2 is 1.86 bits per heavy atom. The summed E-state index contributed by atoms with van der Waals surface area (Å²) < 4.78 is 0. The molecule has 0 aliphatic rings. The lowest BCUT2D eigenvalue weighted by Crippen LogP contribution is -2.29. The van der Waals surface area contributed by atoms with E-state index < -0.39 is 0 Å². The van der Waals surface area contributed by atoms with Crippen LogP contribution in [-0.2, 0) is 0 Å². The number of nitrogens with two attached hydrogens (primary N) is 1. The van der Waals surface area contributed by atoms with Gasteiger partial charge in [-0.1, -0.05) is 19.9 Å². The Hall–Kier alpha value is -0.890. The van der Waals surface area contributed by atoms with Crippen LogP contribution in [0.15, 0.2) is 18.2 Å². The van der Waals surface area contributed by atoms with Gasteiger partial charge < -0.3 is 5.73 Å². The van der Waals surface area contributed by atoms with Crippen molar-refractivity contribution >= 4 is 0 Å². The largest absolute Gasteiger partial charge is 0.327 e. The molecule has 0 bridgehead atoms. The van der Waals surface area contributed by atoms with E-state index in [-0.39, 0.29) is 6.04 Å². The highest BCUT2D eigenvalue weighted by Gasteiger charge is 2.20. The van der Waals surface area contributed by atoms with Crippen molar-refractivity contribution in [3.63, 3.8) is 0 Å². The average molecular weight is 192 g/mol.